The fourth-order valence-electron chi connectivity index (χ4n) is 4.67. The SMILES string of the molecule is C=C(C)C(=O)OCC(C)(CCOc1ccc2cc(/C=C/C(=O)Oc3ccc(OC(=O)c4ccc(OC(=O)C(=C)C)cc4)cc3)ccc2c1)COC(=O)C(=C)C. The minimum Gasteiger partial charge on any atom is -0.494 e. The molecule has 0 aromatic heterocycles. The van der Waals surface area contributed by atoms with E-state index >= 15 is 0 Å². The number of hydrogen-bond acceptors (Lipinski definition) is 11. The van der Waals surface area contributed by atoms with Crippen molar-refractivity contribution in [3.8, 4) is 23.0 Å². The molecule has 0 aliphatic carbocycles. The van der Waals surface area contributed by atoms with Crippen LogP contribution in [0.4, 0.5) is 0 Å². The molecule has 0 amide bonds. The Kier molecular flexibility index (Phi) is 14.0. The van der Waals surface area contributed by atoms with Gasteiger partial charge in [0.2, 0.25) is 0 Å². The molecule has 0 saturated carbocycles. The number of benzene rings is 4. The predicted octanol–water partition coefficient (Wildman–Crippen LogP) is 8.17. The molecular formula is C44H42O11. The van der Waals surface area contributed by atoms with E-state index in [1.165, 1.54) is 61.5 Å². The lowest BCUT2D eigenvalue weighted by Crippen LogP contribution is -2.33. The molecule has 0 aliphatic heterocycles. The van der Waals surface area contributed by atoms with Crippen molar-refractivity contribution >= 4 is 46.7 Å². The summed E-state index contributed by atoms with van der Waals surface area (Å²) in [7, 11) is 0. The lowest BCUT2D eigenvalue weighted by atomic mass is 9.89. The molecule has 11 heteroatoms. The standard InChI is InChI=1S/C44H42O11/c1-28(2)40(46)51-26-44(7,27-52-41(47)29(3)4)22-23-50-38-16-13-33-24-31(8-10-34(33)25-38)9-21-39(45)53-35-17-19-37(20-18-35)55-43(49)32-11-14-36(15-12-32)54-42(48)30(5)6/h8-21,24-25H,1,3,5,22-23,26-27H2,2,4,6-7H3/b21-9+. The van der Waals surface area contributed by atoms with Crippen LogP contribution < -0.4 is 18.9 Å². The Morgan fingerprint density at radius 1 is 0.600 bits per heavy atom. The van der Waals surface area contributed by atoms with Gasteiger partial charge in [0.1, 0.15) is 36.2 Å². The molecule has 0 radical (unpaired) electrons. The first-order valence-corrected chi connectivity index (χ1v) is 17.1. The lowest BCUT2D eigenvalue weighted by Gasteiger charge is -2.28. The summed E-state index contributed by atoms with van der Waals surface area (Å²) < 4.78 is 32.7. The number of rotatable bonds is 17. The molecule has 284 valence electrons. The van der Waals surface area contributed by atoms with Crippen molar-refractivity contribution < 1.29 is 52.4 Å². The second-order valence-electron chi connectivity index (χ2n) is 13.2. The van der Waals surface area contributed by atoms with Crippen LogP contribution in [0.25, 0.3) is 16.8 Å². The van der Waals surface area contributed by atoms with Crippen molar-refractivity contribution in [2.24, 2.45) is 5.41 Å². The normalized spacial score (nSPS) is 11.0. The van der Waals surface area contributed by atoms with Gasteiger partial charge in [-0.25, -0.2) is 24.0 Å². The van der Waals surface area contributed by atoms with Crippen LogP contribution in [-0.2, 0) is 28.7 Å². The topological polar surface area (TPSA) is 141 Å². The highest BCUT2D eigenvalue weighted by Crippen LogP contribution is 2.27. The minimum atomic E-state index is -0.713. The fraction of sp³-hybridized carbons (Fsp3) is 0.205. The first-order valence-electron chi connectivity index (χ1n) is 17.1. The number of fused-ring (bicyclic) bond motifs is 1. The highest BCUT2D eigenvalue weighted by Gasteiger charge is 2.29. The summed E-state index contributed by atoms with van der Waals surface area (Å²) in [4.78, 5) is 60.8. The maximum atomic E-state index is 12.5. The summed E-state index contributed by atoms with van der Waals surface area (Å²) in [5.41, 5.74) is 1.09. The van der Waals surface area contributed by atoms with E-state index in [4.69, 9.17) is 28.4 Å². The molecule has 0 aliphatic rings. The van der Waals surface area contributed by atoms with E-state index in [-0.39, 0.29) is 59.4 Å². The van der Waals surface area contributed by atoms with Gasteiger partial charge in [0.25, 0.3) is 0 Å². The van der Waals surface area contributed by atoms with E-state index in [9.17, 15) is 24.0 Å². The lowest BCUT2D eigenvalue weighted by molar-refractivity contribution is -0.149. The van der Waals surface area contributed by atoms with E-state index in [1.807, 2.05) is 43.3 Å². The zero-order chi connectivity index (χ0) is 40.1. The monoisotopic (exact) mass is 746 g/mol. The average molecular weight is 747 g/mol. The summed E-state index contributed by atoms with van der Waals surface area (Å²) in [6, 6.07) is 23.2. The molecule has 0 unspecified atom stereocenters. The van der Waals surface area contributed by atoms with Crippen LogP contribution in [0.1, 0.15) is 50.0 Å². The van der Waals surface area contributed by atoms with Gasteiger partial charge in [-0.2, -0.15) is 0 Å². The third-order valence-electron chi connectivity index (χ3n) is 7.92. The Labute approximate surface area is 319 Å². The van der Waals surface area contributed by atoms with Crippen LogP contribution in [0.2, 0.25) is 0 Å². The first-order chi connectivity index (χ1) is 26.1. The van der Waals surface area contributed by atoms with Gasteiger partial charge >= 0.3 is 29.8 Å². The van der Waals surface area contributed by atoms with Crippen LogP contribution in [0, 0.1) is 5.41 Å². The molecule has 0 fully saturated rings. The van der Waals surface area contributed by atoms with Crippen molar-refractivity contribution in [1.82, 2.24) is 0 Å². The minimum absolute atomic E-state index is 0.00726. The Morgan fingerprint density at radius 2 is 1.09 bits per heavy atom. The van der Waals surface area contributed by atoms with E-state index in [0.29, 0.717) is 12.2 Å². The summed E-state index contributed by atoms with van der Waals surface area (Å²) >= 11 is 0. The molecule has 0 spiro atoms. The highest BCUT2D eigenvalue weighted by molar-refractivity contribution is 5.93. The molecule has 0 bridgehead atoms. The molecular weight excluding hydrogens is 704 g/mol. The van der Waals surface area contributed by atoms with Gasteiger partial charge in [0.05, 0.1) is 12.2 Å². The zero-order valence-corrected chi connectivity index (χ0v) is 31.2. The highest BCUT2D eigenvalue weighted by atomic mass is 16.6. The second-order valence-corrected chi connectivity index (χ2v) is 13.2. The van der Waals surface area contributed by atoms with Crippen molar-refractivity contribution in [3.05, 3.63) is 139 Å². The largest absolute Gasteiger partial charge is 0.494 e. The van der Waals surface area contributed by atoms with Gasteiger partial charge < -0.3 is 28.4 Å². The summed E-state index contributed by atoms with van der Waals surface area (Å²) in [5, 5.41) is 1.83. The number of hydrogen-bond donors (Lipinski definition) is 0. The molecule has 11 nitrogen and oxygen atoms in total. The maximum absolute atomic E-state index is 12.5. The Balaban J connectivity index is 1.28. The Hall–Kier alpha value is -6.75. The smallest absolute Gasteiger partial charge is 0.343 e. The average Bonchev–Trinajstić information content (AvgIpc) is 3.16. The molecule has 4 rings (SSSR count). The van der Waals surface area contributed by atoms with Crippen LogP contribution in [0.5, 0.6) is 23.0 Å². The van der Waals surface area contributed by atoms with E-state index in [2.05, 4.69) is 19.7 Å². The van der Waals surface area contributed by atoms with Crippen LogP contribution >= 0.6 is 0 Å². The summed E-state index contributed by atoms with van der Waals surface area (Å²) in [6.07, 6.45) is 3.36. The van der Waals surface area contributed by atoms with Gasteiger partial charge in [-0.05, 0) is 116 Å². The fourth-order valence-corrected chi connectivity index (χ4v) is 4.67. The number of esters is 5. The van der Waals surface area contributed by atoms with Gasteiger partial charge in [-0.1, -0.05) is 44.9 Å². The third-order valence-corrected chi connectivity index (χ3v) is 7.92. The van der Waals surface area contributed by atoms with E-state index in [1.54, 1.807) is 19.9 Å². The van der Waals surface area contributed by atoms with Crippen LogP contribution in [0.3, 0.4) is 0 Å². The molecule has 55 heavy (non-hydrogen) atoms. The summed E-state index contributed by atoms with van der Waals surface area (Å²) in [6.45, 7) is 17.5. The summed E-state index contributed by atoms with van der Waals surface area (Å²) in [5.74, 6) is -1.46. The van der Waals surface area contributed by atoms with E-state index < -0.39 is 35.3 Å². The third kappa shape index (κ3) is 12.7. The quantitative estimate of drug-likeness (QED) is 0.0587. The van der Waals surface area contributed by atoms with Crippen LogP contribution in [0.15, 0.2) is 127 Å². The van der Waals surface area contributed by atoms with Crippen molar-refractivity contribution in [2.75, 3.05) is 19.8 Å². The van der Waals surface area contributed by atoms with Crippen molar-refractivity contribution in [3.63, 3.8) is 0 Å². The van der Waals surface area contributed by atoms with E-state index in [0.717, 1.165) is 16.3 Å². The molecule has 4 aromatic carbocycles. The van der Waals surface area contributed by atoms with Crippen molar-refractivity contribution in [2.45, 2.75) is 34.1 Å². The van der Waals surface area contributed by atoms with Gasteiger partial charge in [-0.15, -0.1) is 0 Å². The van der Waals surface area contributed by atoms with Crippen LogP contribution in [-0.4, -0.2) is 49.7 Å². The zero-order valence-electron chi connectivity index (χ0n) is 31.2. The number of carbonyl (C=O) groups is 5. The number of ether oxygens (including phenoxy) is 6. The Bertz CT molecular complexity index is 2110. The molecule has 0 atom stereocenters. The van der Waals surface area contributed by atoms with Gasteiger partial charge in [0.15, 0.2) is 0 Å². The van der Waals surface area contributed by atoms with Crippen molar-refractivity contribution in [1.29, 1.82) is 0 Å². The second kappa shape index (κ2) is 18.8. The van der Waals surface area contributed by atoms with Gasteiger partial charge in [0, 0.05) is 28.2 Å². The molecule has 0 N–H and O–H groups in total. The maximum Gasteiger partial charge on any atom is 0.343 e. The molecule has 4 aromatic rings. The predicted molar refractivity (Wildman–Crippen MR) is 207 cm³/mol. The first kappa shape index (κ1) is 41.0. The Morgan fingerprint density at radius 3 is 1.67 bits per heavy atom. The number of carbonyl (C=O) groups excluding carboxylic acids is 5. The molecule has 0 saturated heterocycles. The molecule has 0 heterocycles. The van der Waals surface area contributed by atoms with Gasteiger partial charge in [-0.3, -0.25) is 0 Å².